The Labute approximate surface area is 208 Å². The number of halogens is 1. The summed E-state index contributed by atoms with van der Waals surface area (Å²) in [6.45, 7) is 9.39. The molecule has 4 aromatic rings. The standard InChI is InChI=1S/C31H33ClN2/c1-31(2)20-28-21(11-12-25-24-9-4-5-10-26(24)30(32)19-27(25)28)18-29(31)22-7-6-8-23(17-22)34-15-13-33(3)14-16-34/h4-12,17,19,29H,13-16,18,20H2,1-3H3. The van der Waals surface area contributed by atoms with E-state index in [-0.39, 0.29) is 5.41 Å². The highest BCUT2D eigenvalue weighted by atomic mass is 35.5. The molecule has 174 valence electrons. The smallest absolute Gasteiger partial charge is 0.0490 e. The van der Waals surface area contributed by atoms with Crippen LogP contribution < -0.4 is 4.90 Å². The zero-order valence-electron chi connectivity index (χ0n) is 20.4. The van der Waals surface area contributed by atoms with Crippen molar-refractivity contribution in [2.24, 2.45) is 5.41 Å². The van der Waals surface area contributed by atoms with Gasteiger partial charge >= 0.3 is 0 Å². The second-order valence-corrected chi connectivity index (χ2v) is 11.4. The Morgan fingerprint density at radius 3 is 2.32 bits per heavy atom. The lowest BCUT2D eigenvalue weighted by Crippen LogP contribution is -2.44. The molecular formula is C31H33ClN2. The van der Waals surface area contributed by atoms with Crippen molar-refractivity contribution >= 4 is 38.8 Å². The van der Waals surface area contributed by atoms with E-state index in [9.17, 15) is 0 Å². The summed E-state index contributed by atoms with van der Waals surface area (Å²) in [6, 6.07) is 24.8. The predicted octanol–water partition coefficient (Wildman–Crippen LogP) is 7.31. The van der Waals surface area contributed by atoms with Crippen LogP contribution >= 0.6 is 11.6 Å². The van der Waals surface area contributed by atoms with Gasteiger partial charge in [0.05, 0.1) is 0 Å². The Hall–Kier alpha value is -2.55. The summed E-state index contributed by atoms with van der Waals surface area (Å²) in [5, 5.41) is 5.91. The van der Waals surface area contributed by atoms with Crippen molar-refractivity contribution in [2.45, 2.75) is 32.6 Å². The molecule has 34 heavy (non-hydrogen) atoms. The highest BCUT2D eigenvalue weighted by Gasteiger charge is 2.37. The van der Waals surface area contributed by atoms with E-state index in [1.165, 1.54) is 38.5 Å². The van der Waals surface area contributed by atoms with Gasteiger partial charge in [-0.1, -0.05) is 74.0 Å². The monoisotopic (exact) mass is 468 g/mol. The number of rotatable bonds is 2. The average molecular weight is 469 g/mol. The normalized spacial score (nSPS) is 20.6. The van der Waals surface area contributed by atoms with Crippen molar-refractivity contribution in [3.63, 3.8) is 0 Å². The summed E-state index contributed by atoms with van der Waals surface area (Å²) in [4.78, 5) is 4.97. The van der Waals surface area contributed by atoms with E-state index in [1.54, 1.807) is 0 Å². The van der Waals surface area contributed by atoms with Gasteiger partial charge in [-0.15, -0.1) is 0 Å². The largest absolute Gasteiger partial charge is 0.369 e. The maximum Gasteiger partial charge on any atom is 0.0490 e. The first-order valence-electron chi connectivity index (χ1n) is 12.6. The first kappa shape index (κ1) is 21.9. The summed E-state index contributed by atoms with van der Waals surface area (Å²) in [7, 11) is 2.22. The Morgan fingerprint density at radius 1 is 0.794 bits per heavy atom. The molecule has 1 aliphatic carbocycles. The Morgan fingerprint density at radius 2 is 1.53 bits per heavy atom. The fraction of sp³-hybridized carbons (Fsp3) is 0.355. The summed E-state index contributed by atoms with van der Waals surface area (Å²) < 4.78 is 0. The molecule has 4 aromatic carbocycles. The fourth-order valence-corrected chi connectivity index (χ4v) is 6.56. The molecule has 3 heteroatoms. The quantitative estimate of drug-likeness (QED) is 0.284. The maximum atomic E-state index is 6.77. The van der Waals surface area contributed by atoms with Crippen molar-refractivity contribution in [3.8, 4) is 0 Å². The molecule has 0 spiro atoms. The van der Waals surface area contributed by atoms with Gasteiger partial charge in [0.2, 0.25) is 0 Å². The third-order valence-electron chi connectivity index (χ3n) is 8.34. The molecular weight excluding hydrogens is 436 g/mol. The minimum atomic E-state index is 0.167. The lowest BCUT2D eigenvalue weighted by atomic mass is 9.63. The molecule has 1 saturated heterocycles. The zero-order valence-corrected chi connectivity index (χ0v) is 21.2. The molecule has 2 nitrogen and oxygen atoms in total. The van der Waals surface area contributed by atoms with Crippen LogP contribution in [0, 0.1) is 5.41 Å². The highest BCUT2D eigenvalue weighted by molar-refractivity contribution is 6.37. The molecule has 6 rings (SSSR count). The van der Waals surface area contributed by atoms with Crippen LogP contribution in [-0.4, -0.2) is 38.1 Å². The van der Waals surface area contributed by atoms with Gasteiger partial charge in [-0.25, -0.2) is 0 Å². The molecule has 1 aliphatic heterocycles. The lowest BCUT2D eigenvalue weighted by Gasteiger charge is -2.41. The van der Waals surface area contributed by atoms with Gasteiger partial charge < -0.3 is 9.80 Å². The lowest BCUT2D eigenvalue weighted by molar-refractivity contribution is 0.264. The second-order valence-electron chi connectivity index (χ2n) is 11.0. The van der Waals surface area contributed by atoms with Crippen molar-refractivity contribution in [1.82, 2.24) is 4.90 Å². The molecule has 2 aliphatic rings. The van der Waals surface area contributed by atoms with E-state index in [0.29, 0.717) is 5.92 Å². The van der Waals surface area contributed by atoms with Crippen LogP contribution in [0.5, 0.6) is 0 Å². The molecule has 1 fully saturated rings. The number of likely N-dealkylation sites (N-methyl/N-ethyl adjacent to an activating group) is 1. The summed E-state index contributed by atoms with van der Waals surface area (Å²) in [5.74, 6) is 0.501. The van der Waals surface area contributed by atoms with E-state index < -0.39 is 0 Å². The summed E-state index contributed by atoms with van der Waals surface area (Å²) >= 11 is 6.77. The van der Waals surface area contributed by atoms with Crippen molar-refractivity contribution < 1.29 is 0 Å². The van der Waals surface area contributed by atoms with Gasteiger partial charge in [-0.3, -0.25) is 0 Å². The first-order valence-corrected chi connectivity index (χ1v) is 12.9. The molecule has 0 amide bonds. The van der Waals surface area contributed by atoms with Crippen LogP contribution in [0.2, 0.25) is 5.02 Å². The van der Waals surface area contributed by atoms with Crippen LogP contribution in [0.1, 0.15) is 36.5 Å². The molecule has 0 bridgehead atoms. The Kier molecular flexibility index (Phi) is 5.35. The molecule has 0 radical (unpaired) electrons. The van der Waals surface area contributed by atoms with Gasteiger partial charge in [0, 0.05) is 42.3 Å². The minimum Gasteiger partial charge on any atom is -0.369 e. The topological polar surface area (TPSA) is 6.48 Å². The molecule has 0 saturated carbocycles. The van der Waals surface area contributed by atoms with Crippen molar-refractivity contribution in [1.29, 1.82) is 0 Å². The van der Waals surface area contributed by atoms with Gasteiger partial charge in [-0.05, 0) is 82.3 Å². The van der Waals surface area contributed by atoms with Crippen LogP contribution in [0.4, 0.5) is 5.69 Å². The first-order chi connectivity index (χ1) is 16.4. The van der Waals surface area contributed by atoms with Crippen molar-refractivity contribution in [3.05, 3.63) is 88.4 Å². The summed E-state index contributed by atoms with van der Waals surface area (Å²) in [6.07, 6.45) is 2.15. The van der Waals surface area contributed by atoms with Crippen molar-refractivity contribution in [2.75, 3.05) is 38.1 Å². The minimum absolute atomic E-state index is 0.167. The van der Waals surface area contributed by atoms with E-state index in [2.05, 4.69) is 97.4 Å². The number of hydrogen-bond acceptors (Lipinski definition) is 2. The van der Waals surface area contributed by atoms with E-state index >= 15 is 0 Å². The predicted molar refractivity (Wildman–Crippen MR) is 147 cm³/mol. The molecule has 1 unspecified atom stereocenters. The number of nitrogens with zero attached hydrogens (tertiary/aromatic N) is 2. The van der Waals surface area contributed by atoms with Crippen LogP contribution in [0.25, 0.3) is 21.5 Å². The number of piperazine rings is 1. The third-order valence-corrected chi connectivity index (χ3v) is 8.65. The summed E-state index contributed by atoms with van der Waals surface area (Å²) in [5.41, 5.74) is 5.99. The Balaban J connectivity index is 1.40. The SMILES string of the molecule is CN1CCN(c2cccc(C3Cc4ccc5c(cc(Cl)c6ccccc65)c4CC3(C)C)c2)CC1. The zero-order chi connectivity index (χ0) is 23.4. The fourth-order valence-electron chi connectivity index (χ4n) is 6.29. The van der Waals surface area contributed by atoms with Gasteiger partial charge in [-0.2, -0.15) is 0 Å². The molecule has 1 heterocycles. The maximum absolute atomic E-state index is 6.77. The number of fused-ring (bicyclic) bond motifs is 5. The van der Waals surface area contributed by atoms with Gasteiger partial charge in [0.1, 0.15) is 0 Å². The molecule has 1 atom stereocenters. The van der Waals surface area contributed by atoms with Crippen LogP contribution in [0.15, 0.2) is 66.7 Å². The van der Waals surface area contributed by atoms with Crippen LogP contribution in [0.3, 0.4) is 0 Å². The Bertz CT molecular complexity index is 1380. The van der Waals surface area contributed by atoms with E-state index in [0.717, 1.165) is 49.4 Å². The molecule has 0 aromatic heterocycles. The highest BCUT2D eigenvalue weighted by Crippen LogP contribution is 2.48. The number of hydrogen-bond donors (Lipinski definition) is 0. The average Bonchev–Trinajstić information content (AvgIpc) is 2.84. The molecule has 0 N–H and O–H groups in total. The van der Waals surface area contributed by atoms with E-state index in [4.69, 9.17) is 11.6 Å². The van der Waals surface area contributed by atoms with Crippen LogP contribution in [-0.2, 0) is 12.8 Å². The number of anilines is 1. The van der Waals surface area contributed by atoms with Gasteiger partial charge in [0.25, 0.3) is 0 Å². The van der Waals surface area contributed by atoms with Gasteiger partial charge in [0.15, 0.2) is 0 Å². The number of benzene rings is 4. The second kappa shape index (κ2) is 8.29. The van der Waals surface area contributed by atoms with E-state index in [1.807, 2.05) is 0 Å². The third kappa shape index (κ3) is 3.68.